The van der Waals surface area contributed by atoms with E-state index in [4.69, 9.17) is 16.3 Å². The molecule has 0 bridgehead atoms. The van der Waals surface area contributed by atoms with Crippen LogP contribution in [0.4, 0.5) is 0 Å². The van der Waals surface area contributed by atoms with Gasteiger partial charge in [-0.1, -0.05) is 11.6 Å². The molecule has 0 spiro atoms. The third-order valence-electron chi connectivity index (χ3n) is 3.31. The number of aromatic nitrogens is 2. The Bertz CT molecular complexity index is 613. The lowest BCUT2D eigenvalue weighted by atomic mass is 10.1. The molecule has 112 valence electrons. The topological polar surface area (TPSA) is 47.4 Å². The molecule has 2 rings (SSSR count). The Morgan fingerprint density at radius 1 is 1.52 bits per heavy atom. The highest BCUT2D eigenvalue weighted by Crippen LogP contribution is 2.24. The minimum atomic E-state index is -0.352. The lowest BCUT2D eigenvalue weighted by Gasteiger charge is -2.22. The van der Waals surface area contributed by atoms with Crippen LogP contribution in [0.15, 0.2) is 36.7 Å². The maximum atomic E-state index is 12.4. The van der Waals surface area contributed by atoms with Crippen molar-refractivity contribution in [2.24, 2.45) is 0 Å². The van der Waals surface area contributed by atoms with Crippen LogP contribution in [0.3, 0.4) is 0 Å². The summed E-state index contributed by atoms with van der Waals surface area (Å²) in [7, 11) is 3.35. The van der Waals surface area contributed by atoms with Crippen LogP contribution in [0, 0.1) is 0 Å². The van der Waals surface area contributed by atoms with Gasteiger partial charge in [-0.15, -0.1) is 0 Å². The first-order chi connectivity index (χ1) is 10.0. The van der Waals surface area contributed by atoms with Crippen molar-refractivity contribution < 1.29 is 9.53 Å². The highest BCUT2D eigenvalue weighted by Gasteiger charge is 2.20. The van der Waals surface area contributed by atoms with Crippen molar-refractivity contribution >= 4 is 17.5 Å². The molecule has 5 nitrogen and oxygen atoms in total. The lowest BCUT2D eigenvalue weighted by Crippen LogP contribution is -2.33. The average Bonchev–Trinajstić information content (AvgIpc) is 3.00. The molecule has 2 aromatic rings. The third-order valence-corrected chi connectivity index (χ3v) is 3.54. The van der Waals surface area contributed by atoms with Gasteiger partial charge in [-0.05, 0) is 31.2 Å². The monoisotopic (exact) mass is 307 g/mol. The van der Waals surface area contributed by atoms with Gasteiger partial charge in [-0.25, -0.2) is 0 Å². The molecule has 1 amide bonds. The zero-order valence-electron chi connectivity index (χ0n) is 12.3. The number of carbonyl (C=O) groups is 1. The summed E-state index contributed by atoms with van der Waals surface area (Å²) in [4.78, 5) is 14.1. The maximum absolute atomic E-state index is 12.4. The van der Waals surface area contributed by atoms with E-state index in [9.17, 15) is 4.79 Å². The molecule has 1 aromatic heterocycles. The van der Waals surface area contributed by atoms with E-state index in [1.54, 1.807) is 54.3 Å². The van der Waals surface area contributed by atoms with Crippen molar-refractivity contribution in [2.75, 3.05) is 14.2 Å². The minimum absolute atomic E-state index is 0.0271. The van der Waals surface area contributed by atoms with Gasteiger partial charge in [0, 0.05) is 36.6 Å². The molecule has 0 saturated heterocycles. The lowest BCUT2D eigenvalue weighted by molar-refractivity contribution is -0.133. The average molecular weight is 308 g/mol. The van der Waals surface area contributed by atoms with Crippen LogP contribution in [0.5, 0.6) is 5.75 Å². The number of nitrogens with zero attached hydrogens (tertiary/aromatic N) is 3. The minimum Gasteiger partial charge on any atom is -0.496 e. The predicted molar refractivity (Wildman–Crippen MR) is 81.4 cm³/mol. The summed E-state index contributed by atoms with van der Waals surface area (Å²) in [5.74, 6) is 0.687. The summed E-state index contributed by atoms with van der Waals surface area (Å²) in [6, 6.07) is 6.81. The van der Waals surface area contributed by atoms with Gasteiger partial charge in [0.2, 0.25) is 5.91 Å². The normalized spacial score (nSPS) is 12.0. The second kappa shape index (κ2) is 6.63. The Balaban J connectivity index is 2.12. The fourth-order valence-electron chi connectivity index (χ4n) is 2.15. The van der Waals surface area contributed by atoms with Crippen LogP contribution in [-0.4, -0.2) is 34.7 Å². The number of amides is 1. The van der Waals surface area contributed by atoms with E-state index in [0.717, 1.165) is 5.56 Å². The molecule has 6 heteroatoms. The molecule has 0 radical (unpaired) electrons. The van der Waals surface area contributed by atoms with Gasteiger partial charge in [0.05, 0.1) is 7.11 Å². The molecule has 1 unspecified atom stereocenters. The Labute approximate surface area is 129 Å². The number of ether oxygens (including phenoxy) is 1. The molecule has 1 atom stereocenters. The van der Waals surface area contributed by atoms with Crippen LogP contribution in [0.1, 0.15) is 18.5 Å². The first-order valence-corrected chi connectivity index (χ1v) is 6.97. The number of methoxy groups -OCH3 is 1. The Hall–Kier alpha value is -2.01. The Morgan fingerprint density at radius 2 is 2.29 bits per heavy atom. The quantitative estimate of drug-likeness (QED) is 0.853. The summed E-state index contributed by atoms with van der Waals surface area (Å²) in [5.41, 5.74) is 0.869. The van der Waals surface area contributed by atoms with Crippen molar-refractivity contribution in [3.8, 4) is 5.75 Å². The smallest absolute Gasteiger partial charge is 0.247 e. The number of benzene rings is 1. The predicted octanol–water partition coefficient (Wildman–Crippen LogP) is 2.76. The molecular formula is C15H18ClN3O2. The fraction of sp³-hybridized carbons (Fsp3) is 0.333. The highest BCUT2D eigenvalue weighted by molar-refractivity contribution is 6.30. The number of carbonyl (C=O) groups excluding carboxylic acids is 1. The molecule has 1 heterocycles. The van der Waals surface area contributed by atoms with Crippen molar-refractivity contribution in [1.29, 1.82) is 0 Å². The Morgan fingerprint density at radius 3 is 2.90 bits per heavy atom. The summed E-state index contributed by atoms with van der Waals surface area (Å²) in [6.07, 6.45) is 3.43. The Kier molecular flexibility index (Phi) is 4.85. The number of likely N-dealkylation sites (N-methyl/N-ethyl adjacent to an activating group) is 1. The van der Waals surface area contributed by atoms with Gasteiger partial charge in [0.1, 0.15) is 11.8 Å². The van der Waals surface area contributed by atoms with E-state index in [1.165, 1.54) is 0 Å². The molecule has 0 N–H and O–H groups in total. The highest BCUT2D eigenvalue weighted by atomic mass is 35.5. The first-order valence-electron chi connectivity index (χ1n) is 6.59. The second-order valence-electron chi connectivity index (χ2n) is 4.81. The number of rotatable bonds is 5. The molecule has 1 aromatic carbocycles. The number of hydrogen-bond donors (Lipinski definition) is 0. The van der Waals surface area contributed by atoms with Crippen molar-refractivity contribution in [1.82, 2.24) is 14.7 Å². The largest absolute Gasteiger partial charge is 0.496 e. The van der Waals surface area contributed by atoms with E-state index < -0.39 is 0 Å². The summed E-state index contributed by atoms with van der Waals surface area (Å²) >= 11 is 6.01. The number of halogens is 1. The van der Waals surface area contributed by atoms with Gasteiger partial charge in [-0.2, -0.15) is 5.10 Å². The summed E-state index contributed by atoms with van der Waals surface area (Å²) in [5, 5.41) is 4.72. The van der Waals surface area contributed by atoms with Crippen LogP contribution in [0.2, 0.25) is 5.02 Å². The number of hydrogen-bond acceptors (Lipinski definition) is 3. The van der Waals surface area contributed by atoms with Crippen LogP contribution < -0.4 is 4.74 Å². The van der Waals surface area contributed by atoms with Crippen molar-refractivity contribution in [2.45, 2.75) is 19.5 Å². The maximum Gasteiger partial charge on any atom is 0.247 e. The molecule has 0 aliphatic heterocycles. The van der Waals surface area contributed by atoms with Crippen molar-refractivity contribution in [3.63, 3.8) is 0 Å². The van der Waals surface area contributed by atoms with Crippen molar-refractivity contribution in [3.05, 3.63) is 47.2 Å². The summed E-state index contributed by atoms with van der Waals surface area (Å²) < 4.78 is 6.93. The second-order valence-corrected chi connectivity index (χ2v) is 5.25. The zero-order chi connectivity index (χ0) is 15.4. The van der Waals surface area contributed by atoms with Gasteiger partial charge in [0.15, 0.2) is 0 Å². The fourth-order valence-corrected chi connectivity index (χ4v) is 2.34. The van der Waals surface area contributed by atoms with Gasteiger partial charge in [0.25, 0.3) is 0 Å². The van der Waals surface area contributed by atoms with E-state index in [0.29, 0.717) is 17.3 Å². The standard InChI is InChI=1S/C15H18ClN3O2/c1-11(19-8-4-7-17-19)15(20)18(2)10-12-9-13(16)5-6-14(12)21-3/h4-9,11H,10H2,1-3H3. The molecule has 21 heavy (non-hydrogen) atoms. The SMILES string of the molecule is COc1ccc(Cl)cc1CN(C)C(=O)C(C)n1cccn1. The molecule has 0 aliphatic carbocycles. The molecule has 0 saturated carbocycles. The van der Waals surface area contributed by atoms with Crippen LogP contribution >= 0.6 is 11.6 Å². The summed E-state index contributed by atoms with van der Waals surface area (Å²) in [6.45, 7) is 2.25. The van der Waals surface area contributed by atoms with Crippen LogP contribution in [-0.2, 0) is 11.3 Å². The van der Waals surface area contributed by atoms with E-state index in [2.05, 4.69) is 5.10 Å². The molecular weight excluding hydrogens is 290 g/mol. The third kappa shape index (κ3) is 3.55. The molecule has 0 aliphatic rings. The van der Waals surface area contributed by atoms with Crippen LogP contribution in [0.25, 0.3) is 0 Å². The van der Waals surface area contributed by atoms with Gasteiger partial charge >= 0.3 is 0 Å². The van der Waals surface area contributed by atoms with E-state index in [-0.39, 0.29) is 11.9 Å². The first kappa shape index (κ1) is 15.4. The van der Waals surface area contributed by atoms with E-state index in [1.807, 2.05) is 13.0 Å². The van der Waals surface area contributed by atoms with E-state index >= 15 is 0 Å². The van der Waals surface area contributed by atoms with Gasteiger partial charge in [-0.3, -0.25) is 9.48 Å². The molecule has 0 fully saturated rings. The van der Waals surface area contributed by atoms with Gasteiger partial charge < -0.3 is 9.64 Å². The zero-order valence-corrected chi connectivity index (χ0v) is 13.0.